The minimum Gasteiger partial charge on any atom is -0.469 e. The zero-order valence-corrected chi connectivity index (χ0v) is 9.58. The molecule has 0 aromatic heterocycles. The third-order valence-electron chi connectivity index (χ3n) is 1.98. The van der Waals surface area contributed by atoms with E-state index < -0.39 is 0 Å². The van der Waals surface area contributed by atoms with E-state index >= 15 is 0 Å². The number of carbonyl (C=O) groups is 1. The van der Waals surface area contributed by atoms with E-state index in [1.807, 2.05) is 24.3 Å². The van der Waals surface area contributed by atoms with Gasteiger partial charge in [0.25, 0.3) is 0 Å². The zero-order valence-electron chi connectivity index (χ0n) is 8.00. The van der Waals surface area contributed by atoms with Crippen LogP contribution in [0, 0.1) is 0 Å². The molecule has 0 aliphatic carbocycles. The van der Waals surface area contributed by atoms with Gasteiger partial charge in [0, 0.05) is 10.0 Å². The number of quaternary nitrogens is 1. The molecule has 14 heavy (non-hydrogen) atoms. The molecule has 76 valence electrons. The summed E-state index contributed by atoms with van der Waals surface area (Å²) in [4.78, 5) is 11.0. The molecule has 0 aliphatic rings. The third kappa shape index (κ3) is 3.12. The Hall–Kier alpha value is -0.870. The molecule has 0 spiro atoms. The summed E-state index contributed by atoms with van der Waals surface area (Å²) in [6.07, 6.45) is 0.318. The van der Waals surface area contributed by atoms with Crippen molar-refractivity contribution in [2.75, 3.05) is 7.11 Å². The summed E-state index contributed by atoms with van der Waals surface area (Å²) in [5.74, 6) is -0.229. The first-order chi connectivity index (χ1) is 6.63. The Morgan fingerprint density at radius 2 is 2.07 bits per heavy atom. The van der Waals surface area contributed by atoms with E-state index in [2.05, 4.69) is 26.4 Å². The highest BCUT2D eigenvalue weighted by atomic mass is 79.9. The van der Waals surface area contributed by atoms with E-state index in [1.165, 1.54) is 7.11 Å². The van der Waals surface area contributed by atoms with Crippen LogP contribution in [-0.2, 0) is 9.53 Å². The number of rotatable bonds is 3. The molecule has 0 aliphatic heterocycles. The number of ether oxygens (including phenoxy) is 1. The van der Waals surface area contributed by atoms with Crippen LogP contribution >= 0.6 is 15.9 Å². The van der Waals surface area contributed by atoms with Crippen LogP contribution in [0.3, 0.4) is 0 Å². The Morgan fingerprint density at radius 1 is 1.50 bits per heavy atom. The van der Waals surface area contributed by atoms with E-state index in [0.29, 0.717) is 6.42 Å². The molecular formula is C10H13BrNO2+. The topological polar surface area (TPSA) is 53.9 Å². The maximum absolute atomic E-state index is 11.0. The van der Waals surface area contributed by atoms with Gasteiger partial charge in [-0.2, -0.15) is 0 Å². The quantitative estimate of drug-likeness (QED) is 0.832. The Morgan fingerprint density at radius 3 is 2.57 bits per heavy atom. The van der Waals surface area contributed by atoms with Crippen molar-refractivity contribution in [3.8, 4) is 0 Å². The van der Waals surface area contributed by atoms with Crippen molar-refractivity contribution in [2.45, 2.75) is 12.5 Å². The van der Waals surface area contributed by atoms with Crippen molar-refractivity contribution in [1.29, 1.82) is 0 Å². The summed E-state index contributed by atoms with van der Waals surface area (Å²) in [6, 6.07) is 7.72. The third-order valence-corrected chi connectivity index (χ3v) is 2.51. The molecule has 0 heterocycles. The molecule has 1 aromatic carbocycles. The summed E-state index contributed by atoms with van der Waals surface area (Å²) < 4.78 is 5.60. The Balaban J connectivity index is 2.65. The number of carbonyl (C=O) groups excluding carboxylic acids is 1. The normalized spacial score (nSPS) is 12.2. The lowest BCUT2D eigenvalue weighted by Gasteiger charge is -2.07. The van der Waals surface area contributed by atoms with Gasteiger partial charge in [-0.1, -0.05) is 28.1 Å². The highest BCUT2D eigenvalue weighted by Crippen LogP contribution is 2.16. The molecular weight excluding hydrogens is 246 g/mol. The van der Waals surface area contributed by atoms with Crippen molar-refractivity contribution in [2.24, 2.45) is 0 Å². The van der Waals surface area contributed by atoms with Gasteiger partial charge in [-0.3, -0.25) is 4.79 Å². The van der Waals surface area contributed by atoms with Gasteiger partial charge in [0.1, 0.15) is 12.5 Å². The first-order valence-electron chi connectivity index (χ1n) is 4.29. The first kappa shape index (κ1) is 11.2. The van der Waals surface area contributed by atoms with Crippen LogP contribution < -0.4 is 5.73 Å². The van der Waals surface area contributed by atoms with Crippen molar-refractivity contribution in [3.63, 3.8) is 0 Å². The van der Waals surface area contributed by atoms with Crippen LogP contribution in [0.1, 0.15) is 18.0 Å². The summed E-state index contributed by atoms with van der Waals surface area (Å²) in [7, 11) is 1.39. The van der Waals surface area contributed by atoms with Gasteiger partial charge >= 0.3 is 5.97 Å². The van der Waals surface area contributed by atoms with Gasteiger partial charge in [-0.05, 0) is 12.1 Å². The highest BCUT2D eigenvalue weighted by Gasteiger charge is 2.14. The second kappa shape index (κ2) is 5.12. The monoisotopic (exact) mass is 258 g/mol. The van der Waals surface area contributed by atoms with Crippen LogP contribution in [0.4, 0.5) is 0 Å². The Bertz CT molecular complexity index is 310. The average molecular weight is 259 g/mol. The molecule has 0 saturated heterocycles. The number of methoxy groups -OCH3 is 1. The van der Waals surface area contributed by atoms with Gasteiger partial charge < -0.3 is 10.5 Å². The van der Waals surface area contributed by atoms with Crippen LogP contribution in [0.5, 0.6) is 0 Å². The molecule has 0 radical (unpaired) electrons. The highest BCUT2D eigenvalue weighted by molar-refractivity contribution is 9.10. The number of esters is 1. The van der Waals surface area contributed by atoms with E-state index in [4.69, 9.17) is 0 Å². The predicted octanol–water partition coefficient (Wildman–Crippen LogP) is 1.30. The molecule has 0 fully saturated rings. The van der Waals surface area contributed by atoms with Crippen molar-refractivity contribution >= 4 is 21.9 Å². The fraction of sp³-hybridized carbons (Fsp3) is 0.300. The van der Waals surface area contributed by atoms with E-state index in [1.54, 1.807) is 0 Å². The van der Waals surface area contributed by atoms with Gasteiger partial charge in [-0.25, -0.2) is 0 Å². The zero-order chi connectivity index (χ0) is 10.6. The number of benzene rings is 1. The van der Waals surface area contributed by atoms with Crippen LogP contribution in [-0.4, -0.2) is 13.1 Å². The van der Waals surface area contributed by atoms with Crippen LogP contribution in [0.15, 0.2) is 28.7 Å². The minimum atomic E-state index is -0.229. The number of hydrogen-bond donors (Lipinski definition) is 1. The second-order valence-corrected chi connectivity index (χ2v) is 3.94. The van der Waals surface area contributed by atoms with Gasteiger partial charge in [0.15, 0.2) is 0 Å². The van der Waals surface area contributed by atoms with Gasteiger partial charge in [0.05, 0.1) is 7.11 Å². The SMILES string of the molecule is COC(=O)C[C@@H]([NH3+])c1ccc(Br)cc1. The molecule has 1 atom stereocenters. The minimum absolute atomic E-state index is 0.0458. The largest absolute Gasteiger partial charge is 0.469 e. The molecule has 0 amide bonds. The number of hydrogen-bond acceptors (Lipinski definition) is 2. The summed E-state index contributed by atoms with van der Waals surface area (Å²) >= 11 is 3.35. The predicted molar refractivity (Wildman–Crippen MR) is 56.4 cm³/mol. The van der Waals surface area contributed by atoms with E-state index in [0.717, 1.165) is 10.0 Å². The molecule has 1 rings (SSSR count). The van der Waals surface area contributed by atoms with Crippen molar-refractivity contribution in [1.82, 2.24) is 0 Å². The molecule has 1 aromatic rings. The number of halogens is 1. The smallest absolute Gasteiger partial charge is 0.311 e. The molecule has 3 N–H and O–H groups in total. The lowest BCUT2D eigenvalue weighted by molar-refractivity contribution is -0.425. The Kier molecular flexibility index (Phi) is 4.10. The molecule has 0 bridgehead atoms. The molecule has 4 heteroatoms. The summed E-state index contributed by atoms with van der Waals surface area (Å²) in [5.41, 5.74) is 4.95. The van der Waals surface area contributed by atoms with Gasteiger partial charge in [-0.15, -0.1) is 0 Å². The van der Waals surface area contributed by atoms with Crippen molar-refractivity contribution < 1.29 is 15.3 Å². The fourth-order valence-corrected chi connectivity index (χ4v) is 1.40. The average Bonchev–Trinajstić information content (AvgIpc) is 2.18. The van der Waals surface area contributed by atoms with Crippen LogP contribution in [0.2, 0.25) is 0 Å². The maximum Gasteiger partial charge on any atom is 0.311 e. The molecule has 0 saturated carbocycles. The van der Waals surface area contributed by atoms with Crippen LogP contribution in [0.25, 0.3) is 0 Å². The van der Waals surface area contributed by atoms with E-state index in [9.17, 15) is 4.79 Å². The second-order valence-electron chi connectivity index (χ2n) is 3.03. The summed E-state index contributed by atoms with van der Waals surface area (Å²) in [6.45, 7) is 0. The van der Waals surface area contributed by atoms with Crippen molar-refractivity contribution in [3.05, 3.63) is 34.3 Å². The standard InChI is InChI=1S/C10H12BrNO2/c1-14-10(13)6-9(12)7-2-4-8(11)5-3-7/h2-5,9H,6,12H2,1H3/p+1/t9-/m1/s1. The van der Waals surface area contributed by atoms with Gasteiger partial charge in [0.2, 0.25) is 0 Å². The van der Waals surface area contributed by atoms with E-state index in [-0.39, 0.29) is 12.0 Å². The Labute approximate surface area is 91.4 Å². The maximum atomic E-state index is 11.0. The lowest BCUT2D eigenvalue weighted by atomic mass is 10.1. The first-order valence-corrected chi connectivity index (χ1v) is 5.08. The summed E-state index contributed by atoms with van der Waals surface area (Å²) in [5, 5.41) is 0. The fourth-order valence-electron chi connectivity index (χ4n) is 1.14. The lowest BCUT2D eigenvalue weighted by Crippen LogP contribution is -2.54. The molecule has 0 unspecified atom stereocenters. The molecule has 3 nitrogen and oxygen atoms in total.